The predicted molar refractivity (Wildman–Crippen MR) is 114 cm³/mol. The van der Waals surface area contributed by atoms with Gasteiger partial charge < -0.3 is 19.0 Å². The Kier molecular flexibility index (Phi) is 4.70. The SMILES string of the molecule is O=C1C(=O)N(c2nncs2)C(c2ccc(I)o2)/C1=C(\O)c1ccc2c(c1)OCCO2. The highest BCUT2D eigenvalue weighted by Gasteiger charge is 2.49. The molecule has 0 radical (unpaired) electrons. The van der Waals surface area contributed by atoms with E-state index in [1.165, 1.54) is 10.4 Å². The monoisotopic (exact) mass is 537 g/mol. The molecule has 0 spiro atoms. The first-order chi connectivity index (χ1) is 14.5. The Balaban J connectivity index is 1.68. The Bertz CT molecular complexity index is 1190. The lowest BCUT2D eigenvalue weighted by Gasteiger charge is -2.21. The van der Waals surface area contributed by atoms with Crippen molar-refractivity contribution in [1.82, 2.24) is 10.2 Å². The molecule has 5 rings (SSSR count). The number of aliphatic hydroxyl groups is 1. The van der Waals surface area contributed by atoms with Crippen LogP contribution in [0.5, 0.6) is 11.5 Å². The van der Waals surface area contributed by atoms with Crippen molar-refractivity contribution in [3.8, 4) is 11.5 Å². The molecule has 4 heterocycles. The van der Waals surface area contributed by atoms with Crippen LogP contribution in [-0.2, 0) is 9.59 Å². The number of fused-ring (bicyclic) bond motifs is 1. The van der Waals surface area contributed by atoms with E-state index < -0.39 is 17.7 Å². The van der Waals surface area contributed by atoms with Crippen molar-refractivity contribution in [2.24, 2.45) is 0 Å². The van der Waals surface area contributed by atoms with Gasteiger partial charge >= 0.3 is 5.91 Å². The number of anilines is 1. The van der Waals surface area contributed by atoms with Crippen molar-refractivity contribution in [2.45, 2.75) is 6.04 Å². The first-order valence-corrected chi connectivity index (χ1v) is 10.7. The second kappa shape index (κ2) is 7.40. The minimum atomic E-state index is -0.977. The highest BCUT2D eigenvalue weighted by atomic mass is 127. The first-order valence-electron chi connectivity index (χ1n) is 8.77. The van der Waals surface area contributed by atoms with Crippen LogP contribution in [0.15, 0.2) is 45.8 Å². The molecule has 1 N–H and O–H groups in total. The lowest BCUT2D eigenvalue weighted by atomic mass is 9.99. The number of Topliss-reactive ketones (excluding diaryl/α,β-unsaturated/α-hetero) is 1. The van der Waals surface area contributed by atoms with Gasteiger partial charge in [0.2, 0.25) is 5.13 Å². The Hall–Kier alpha value is -2.93. The van der Waals surface area contributed by atoms with Crippen molar-refractivity contribution < 1.29 is 28.6 Å². The normalized spacial score (nSPS) is 20.0. The largest absolute Gasteiger partial charge is 0.507 e. The van der Waals surface area contributed by atoms with Gasteiger partial charge in [-0.2, -0.15) is 0 Å². The van der Waals surface area contributed by atoms with E-state index in [4.69, 9.17) is 13.9 Å². The molecule has 2 aromatic heterocycles. The molecule has 3 aromatic rings. The highest BCUT2D eigenvalue weighted by molar-refractivity contribution is 14.1. The molecule has 152 valence electrons. The molecule has 0 saturated carbocycles. The molecule has 1 fully saturated rings. The standard InChI is InChI=1S/C19H12IN3O6S/c20-13-4-3-11(29-13)15-14(17(25)18(26)23(15)19-22-21-8-30-19)16(24)9-1-2-10-12(7-9)28-6-5-27-10/h1-4,7-8,15,24H,5-6H2/b16-14+. The van der Waals surface area contributed by atoms with Crippen LogP contribution < -0.4 is 14.4 Å². The van der Waals surface area contributed by atoms with Crippen LogP contribution in [0.4, 0.5) is 5.13 Å². The zero-order chi connectivity index (χ0) is 20.8. The number of ether oxygens (including phenoxy) is 2. The van der Waals surface area contributed by atoms with E-state index in [0.717, 1.165) is 11.3 Å². The number of nitrogens with zero attached hydrogens (tertiary/aromatic N) is 3. The number of aliphatic hydroxyl groups excluding tert-OH is 1. The van der Waals surface area contributed by atoms with Crippen LogP contribution in [0.3, 0.4) is 0 Å². The Morgan fingerprint density at radius 2 is 1.97 bits per heavy atom. The molecule has 1 aromatic carbocycles. The van der Waals surface area contributed by atoms with Gasteiger partial charge in [0, 0.05) is 5.56 Å². The van der Waals surface area contributed by atoms with Crippen molar-refractivity contribution >= 4 is 56.5 Å². The number of hydrogen-bond acceptors (Lipinski definition) is 9. The molecule has 1 amide bonds. The summed E-state index contributed by atoms with van der Waals surface area (Å²) in [4.78, 5) is 27.0. The van der Waals surface area contributed by atoms with Crippen molar-refractivity contribution in [1.29, 1.82) is 0 Å². The van der Waals surface area contributed by atoms with Gasteiger partial charge in [0.15, 0.2) is 15.3 Å². The molecule has 2 aliphatic rings. The molecule has 11 heteroatoms. The van der Waals surface area contributed by atoms with Crippen molar-refractivity contribution in [2.75, 3.05) is 18.1 Å². The maximum absolute atomic E-state index is 13.0. The molecule has 0 bridgehead atoms. The number of furan rings is 1. The average Bonchev–Trinajstić information content (AvgIpc) is 3.48. The number of benzene rings is 1. The lowest BCUT2D eigenvalue weighted by Crippen LogP contribution is -2.29. The van der Waals surface area contributed by atoms with Gasteiger partial charge in [0.1, 0.15) is 36.3 Å². The topological polar surface area (TPSA) is 115 Å². The molecular weight excluding hydrogens is 525 g/mol. The van der Waals surface area contributed by atoms with Crippen LogP contribution in [-0.4, -0.2) is 40.2 Å². The fourth-order valence-electron chi connectivity index (χ4n) is 3.39. The van der Waals surface area contributed by atoms with Crippen molar-refractivity contribution in [3.05, 3.63) is 56.5 Å². The Morgan fingerprint density at radius 3 is 2.67 bits per heavy atom. The third-order valence-electron chi connectivity index (χ3n) is 4.68. The molecule has 1 unspecified atom stereocenters. The summed E-state index contributed by atoms with van der Waals surface area (Å²) in [6.07, 6.45) is 0. The van der Waals surface area contributed by atoms with Gasteiger partial charge in [-0.15, -0.1) is 10.2 Å². The summed E-state index contributed by atoms with van der Waals surface area (Å²) in [7, 11) is 0. The van der Waals surface area contributed by atoms with E-state index in [1.807, 2.05) is 22.6 Å². The summed E-state index contributed by atoms with van der Waals surface area (Å²) in [5.41, 5.74) is 1.68. The quantitative estimate of drug-likeness (QED) is 0.235. The lowest BCUT2D eigenvalue weighted by molar-refractivity contribution is -0.132. The van der Waals surface area contributed by atoms with E-state index in [-0.39, 0.29) is 16.5 Å². The minimum Gasteiger partial charge on any atom is -0.507 e. The minimum absolute atomic E-state index is 0.0994. The summed E-state index contributed by atoms with van der Waals surface area (Å²) in [6, 6.07) is 7.21. The van der Waals surface area contributed by atoms with Crippen molar-refractivity contribution in [3.63, 3.8) is 0 Å². The van der Waals surface area contributed by atoms with Crippen LogP contribution in [0, 0.1) is 3.77 Å². The van der Waals surface area contributed by atoms with Gasteiger partial charge in [0.25, 0.3) is 5.78 Å². The molecule has 0 aliphatic carbocycles. The molecule has 1 saturated heterocycles. The number of aromatic nitrogens is 2. The number of hydrogen-bond donors (Lipinski definition) is 1. The number of carbonyl (C=O) groups is 2. The maximum Gasteiger partial charge on any atom is 0.302 e. The van der Waals surface area contributed by atoms with E-state index in [1.54, 1.807) is 30.3 Å². The van der Waals surface area contributed by atoms with E-state index in [9.17, 15) is 14.7 Å². The zero-order valence-corrected chi connectivity index (χ0v) is 18.0. The van der Waals surface area contributed by atoms with Gasteiger partial charge in [-0.05, 0) is 52.9 Å². The first kappa shape index (κ1) is 19.1. The zero-order valence-electron chi connectivity index (χ0n) is 15.1. The van der Waals surface area contributed by atoms with Crippen LogP contribution in [0.1, 0.15) is 17.4 Å². The smallest absolute Gasteiger partial charge is 0.302 e. The molecular formula is C19H12IN3O6S. The fraction of sp³-hybridized carbons (Fsp3) is 0.158. The highest BCUT2D eigenvalue weighted by Crippen LogP contribution is 2.44. The fourth-order valence-corrected chi connectivity index (χ4v) is 4.41. The maximum atomic E-state index is 13.0. The Labute approximate surface area is 187 Å². The van der Waals surface area contributed by atoms with Gasteiger partial charge in [0.05, 0.1) is 5.57 Å². The number of halogens is 1. The van der Waals surface area contributed by atoms with E-state index >= 15 is 0 Å². The number of rotatable bonds is 3. The third-order valence-corrected chi connectivity index (χ3v) is 5.95. The van der Waals surface area contributed by atoms with E-state index in [2.05, 4.69) is 10.2 Å². The number of amides is 1. The summed E-state index contributed by atoms with van der Waals surface area (Å²) in [6.45, 7) is 0.811. The third kappa shape index (κ3) is 3.04. The van der Waals surface area contributed by atoms with Gasteiger partial charge in [-0.3, -0.25) is 14.5 Å². The molecule has 1 atom stereocenters. The second-order valence-corrected chi connectivity index (χ2v) is 8.27. The Morgan fingerprint density at radius 1 is 1.17 bits per heavy atom. The van der Waals surface area contributed by atoms with Gasteiger partial charge in [-0.25, -0.2) is 0 Å². The summed E-state index contributed by atoms with van der Waals surface area (Å²) < 4.78 is 17.3. The summed E-state index contributed by atoms with van der Waals surface area (Å²) >= 11 is 3.09. The molecule has 30 heavy (non-hydrogen) atoms. The summed E-state index contributed by atoms with van der Waals surface area (Å²) in [5, 5.41) is 19.0. The predicted octanol–water partition coefficient (Wildman–Crippen LogP) is 3.13. The van der Waals surface area contributed by atoms with Gasteiger partial charge in [-0.1, -0.05) is 11.3 Å². The summed E-state index contributed by atoms with van der Waals surface area (Å²) in [5.74, 6) is -0.671. The number of ketones is 1. The molecule has 9 nitrogen and oxygen atoms in total. The average molecular weight is 537 g/mol. The second-order valence-electron chi connectivity index (χ2n) is 6.39. The number of carbonyl (C=O) groups excluding carboxylic acids is 2. The molecule has 2 aliphatic heterocycles. The van der Waals surface area contributed by atoms with E-state index in [0.29, 0.717) is 39.8 Å². The van der Waals surface area contributed by atoms with Crippen LogP contribution in [0.25, 0.3) is 5.76 Å². The van der Waals surface area contributed by atoms with Crippen LogP contribution in [0.2, 0.25) is 0 Å². The van der Waals surface area contributed by atoms with Crippen LogP contribution >= 0.6 is 33.9 Å².